The second kappa shape index (κ2) is 5.99. The normalized spacial score (nSPS) is 17.8. The summed E-state index contributed by atoms with van der Waals surface area (Å²) in [6.07, 6.45) is 1.32. The van der Waals surface area contributed by atoms with Crippen LogP contribution in [0.2, 0.25) is 0 Å². The van der Waals surface area contributed by atoms with Crippen LogP contribution in [0.3, 0.4) is 0 Å². The zero-order chi connectivity index (χ0) is 13.7. The summed E-state index contributed by atoms with van der Waals surface area (Å²) in [5.74, 6) is -0.466. The zero-order valence-electron chi connectivity index (χ0n) is 10.6. The highest BCUT2D eigenvalue weighted by Crippen LogP contribution is 2.20. The van der Waals surface area contributed by atoms with Crippen molar-refractivity contribution >= 4 is 11.7 Å². The van der Waals surface area contributed by atoms with Crippen molar-refractivity contribution in [3.63, 3.8) is 0 Å². The molecule has 1 aliphatic rings. The van der Waals surface area contributed by atoms with Crippen molar-refractivity contribution < 1.29 is 13.9 Å². The van der Waals surface area contributed by atoms with E-state index in [4.69, 9.17) is 10.5 Å². The van der Waals surface area contributed by atoms with Crippen LogP contribution in [0.1, 0.15) is 12.8 Å². The average molecular weight is 267 g/mol. The average Bonchev–Trinajstić information content (AvgIpc) is 2.42. The van der Waals surface area contributed by atoms with Gasteiger partial charge in [-0.15, -0.1) is 0 Å². The maximum Gasteiger partial charge on any atom is 0.319 e. The fourth-order valence-electron chi connectivity index (χ4n) is 2.10. The first kappa shape index (κ1) is 13.8. The molecule has 4 N–H and O–H groups in total. The monoisotopic (exact) mass is 267 g/mol. The van der Waals surface area contributed by atoms with Gasteiger partial charge < -0.3 is 21.1 Å². The number of nitrogens with two attached hydrogens (primary N) is 1. The number of anilines is 1. The number of carbonyl (C=O) groups excluding carboxylic acids is 1. The van der Waals surface area contributed by atoms with Crippen molar-refractivity contribution in [2.45, 2.75) is 18.4 Å². The first-order valence-corrected chi connectivity index (χ1v) is 6.27. The number of ether oxygens (including phenoxy) is 1. The van der Waals surface area contributed by atoms with E-state index in [-0.39, 0.29) is 5.69 Å². The van der Waals surface area contributed by atoms with Crippen molar-refractivity contribution in [1.82, 2.24) is 5.32 Å². The first-order chi connectivity index (χ1) is 9.15. The summed E-state index contributed by atoms with van der Waals surface area (Å²) in [5.41, 5.74) is 5.43. The van der Waals surface area contributed by atoms with Crippen LogP contribution in [0.15, 0.2) is 24.3 Å². The zero-order valence-corrected chi connectivity index (χ0v) is 10.6. The lowest BCUT2D eigenvalue weighted by atomic mass is 9.90. The van der Waals surface area contributed by atoms with Crippen LogP contribution >= 0.6 is 0 Å². The van der Waals surface area contributed by atoms with Gasteiger partial charge >= 0.3 is 6.03 Å². The molecule has 1 aromatic carbocycles. The van der Waals surface area contributed by atoms with Crippen LogP contribution < -0.4 is 16.4 Å². The highest BCUT2D eigenvalue weighted by atomic mass is 19.1. The van der Waals surface area contributed by atoms with Crippen molar-refractivity contribution in [2.24, 2.45) is 5.73 Å². The van der Waals surface area contributed by atoms with Gasteiger partial charge in [-0.25, -0.2) is 9.18 Å². The highest BCUT2D eigenvalue weighted by molar-refractivity contribution is 5.89. The lowest BCUT2D eigenvalue weighted by molar-refractivity contribution is 0.0463. The number of rotatable bonds is 3. The minimum atomic E-state index is -0.466. The molecule has 0 aliphatic carbocycles. The third-order valence-electron chi connectivity index (χ3n) is 3.34. The molecule has 0 spiro atoms. The number of carbonyl (C=O) groups is 1. The summed E-state index contributed by atoms with van der Waals surface area (Å²) in [6.45, 7) is 1.47. The van der Waals surface area contributed by atoms with Crippen LogP contribution in [0.5, 0.6) is 0 Å². The van der Waals surface area contributed by atoms with Crippen LogP contribution in [0, 0.1) is 5.82 Å². The molecular formula is C13H18FN3O2. The van der Waals surface area contributed by atoms with Crippen LogP contribution in [0.25, 0.3) is 0 Å². The Bertz CT molecular complexity index is 447. The summed E-state index contributed by atoms with van der Waals surface area (Å²) in [4.78, 5) is 11.9. The number of benzene rings is 1. The Kier molecular flexibility index (Phi) is 4.34. The summed E-state index contributed by atoms with van der Waals surface area (Å²) in [7, 11) is 0. The van der Waals surface area contributed by atoms with Gasteiger partial charge in [0.15, 0.2) is 0 Å². The second-order valence-electron chi connectivity index (χ2n) is 4.66. The van der Waals surface area contributed by atoms with Crippen molar-refractivity contribution in [2.75, 3.05) is 25.1 Å². The molecule has 1 aliphatic heterocycles. The van der Waals surface area contributed by atoms with E-state index in [1.807, 2.05) is 0 Å². The molecular weight excluding hydrogens is 249 g/mol. The predicted octanol–water partition coefficient (Wildman–Crippen LogP) is 1.46. The quantitative estimate of drug-likeness (QED) is 0.776. The van der Waals surface area contributed by atoms with E-state index in [1.165, 1.54) is 12.1 Å². The molecule has 0 saturated carbocycles. The first-order valence-electron chi connectivity index (χ1n) is 6.27. The summed E-state index contributed by atoms with van der Waals surface area (Å²) < 4.78 is 18.7. The van der Waals surface area contributed by atoms with Crippen LogP contribution in [-0.4, -0.2) is 31.3 Å². The van der Waals surface area contributed by atoms with E-state index < -0.39 is 17.4 Å². The largest absolute Gasteiger partial charge is 0.381 e. The van der Waals surface area contributed by atoms with Crippen LogP contribution in [-0.2, 0) is 4.74 Å². The summed E-state index contributed by atoms with van der Waals surface area (Å²) >= 11 is 0. The number of nitrogens with one attached hydrogen (secondary N) is 2. The molecule has 2 rings (SSSR count). The molecule has 5 nitrogen and oxygen atoms in total. The summed E-state index contributed by atoms with van der Waals surface area (Å²) in [6, 6.07) is 5.58. The van der Waals surface area contributed by atoms with Crippen molar-refractivity contribution in [1.29, 1.82) is 0 Å². The van der Waals surface area contributed by atoms with E-state index in [0.717, 1.165) is 0 Å². The molecule has 0 bridgehead atoms. The molecule has 0 atom stereocenters. The number of hydrogen-bond acceptors (Lipinski definition) is 3. The standard InChI is InChI=1S/C13H18FN3O2/c14-10-3-1-2-4-11(10)16-12(18)17-13(9-15)5-7-19-8-6-13/h1-4H,5-9,15H2,(H2,16,17,18). The molecule has 2 amide bonds. The molecule has 0 radical (unpaired) electrons. The van der Waals surface area contributed by atoms with Gasteiger partial charge in [-0.05, 0) is 25.0 Å². The molecule has 1 aromatic rings. The molecule has 1 heterocycles. The number of para-hydroxylation sites is 1. The lowest BCUT2D eigenvalue weighted by Gasteiger charge is -2.36. The van der Waals surface area contributed by atoms with E-state index in [0.29, 0.717) is 32.6 Å². The predicted molar refractivity (Wildman–Crippen MR) is 70.4 cm³/mol. The second-order valence-corrected chi connectivity index (χ2v) is 4.66. The smallest absolute Gasteiger partial charge is 0.319 e. The third-order valence-corrected chi connectivity index (χ3v) is 3.34. The van der Waals surface area contributed by atoms with Gasteiger partial charge in [0.25, 0.3) is 0 Å². The van der Waals surface area contributed by atoms with Crippen molar-refractivity contribution in [3.05, 3.63) is 30.1 Å². The summed E-state index contributed by atoms with van der Waals surface area (Å²) in [5, 5.41) is 5.33. The van der Waals surface area contributed by atoms with Gasteiger partial charge in [0.1, 0.15) is 5.82 Å². The molecule has 19 heavy (non-hydrogen) atoms. The van der Waals surface area contributed by atoms with E-state index in [9.17, 15) is 9.18 Å². The Morgan fingerprint density at radius 1 is 1.37 bits per heavy atom. The number of hydrogen-bond donors (Lipinski definition) is 3. The number of halogens is 1. The molecule has 1 fully saturated rings. The maximum atomic E-state index is 13.4. The molecule has 0 unspecified atom stereocenters. The highest BCUT2D eigenvalue weighted by Gasteiger charge is 2.32. The third kappa shape index (κ3) is 3.42. The molecule has 0 aromatic heterocycles. The van der Waals surface area contributed by atoms with Crippen LogP contribution in [0.4, 0.5) is 14.9 Å². The van der Waals surface area contributed by atoms with Gasteiger partial charge in [0.2, 0.25) is 0 Å². The van der Waals surface area contributed by atoms with Gasteiger partial charge in [0, 0.05) is 19.8 Å². The Morgan fingerprint density at radius 2 is 2.05 bits per heavy atom. The van der Waals surface area contributed by atoms with Crippen molar-refractivity contribution in [3.8, 4) is 0 Å². The van der Waals surface area contributed by atoms with E-state index in [2.05, 4.69) is 10.6 Å². The van der Waals surface area contributed by atoms with Gasteiger partial charge in [0.05, 0.1) is 11.2 Å². The van der Waals surface area contributed by atoms with E-state index >= 15 is 0 Å². The molecule has 1 saturated heterocycles. The Labute approximate surface area is 111 Å². The molecule has 6 heteroatoms. The van der Waals surface area contributed by atoms with Gasteiger partial charge in [-0.2, -0.15) is 0 Å². The SMILES string of the molecule is NCC1(NC(=O)Nc2ccccc2F)CCOCC1. The topological polar surface area (TPSA) is 76.4 Å². The maximum absolute atomic E-state index is 13.4. The molecule has 104 valence electrons. The Hall–Kier alpha value is -1.66. The fourth-order valence-corrected chi connectivity index (χ4v) is 2.10. The fraction of sp³-hybridized carbons (Fsp3) is 0.462. The lowest BCUT2D eigenvalue weighted by Crippen LogP contribution is -2.57. The number of amides is 2. The Balaban J connectivity index is 1.98. The van der Waals surface area contributed by atoms with Gasteiger partial charge in [-0.1, -0.05) is 12.1 Å². The number of urea groups is 1. The minimum Gasteiger partial charge on any atom is -0.381 e. The minimum absolute atomic E-state index is 0.152. The Morgan fingerprint density at radius 3 is 2.68 bits per heavy atom. The van der Waals surface area contributed by atoms with Gasteiger partial charge in [-0.3, -0.25) is 0 Å². The van der Waals surface area contributed by atoms with E-state index in [1.54, 1.807) is 12.1 Å².